The van der Waals surface area contributed by atoms with Crippen molar-refractivity contribution in [1.82, 2.24) is 4.90 Å². The van der Waals surface area contributed by atoms with E-state index in [1.165, 1.54) is 6.42 Å². The van der Waals surface area contributed by atoms with Crippen LogP contribution in [0.15, 0.2) is 0 Å². The fourth-order valence-electron chi connectivity index (χ4n) is 16.5. The minimum Gasteiger partial charge on any atom is -0.294 e. The average Bonchev–Trinajstić information content (AvgIpc) is 3.37. The summed E-state index contributed by atoms with van der Waals surface area (Å²) in [4.78, 5) is 3.52. The molecular weight excluding hydrogens is 506 g/mol. The van der Waals surface area contributed by atoms with Crippen molar-refractivity contribution in [3.63, 3.8) is 0 Å². The number of rotatable bonds is 2. The first-order valence-electron chi connectivity index (χ1n) is 20.4. The number of nitrogens with zero attached hydrogens (tertiary/aromatic N) is 1. The van der Waals surface area contributed by atoms with Gasteiger partial charge in [-0.05, 0) is 134 Å². The Hall–Kier alpha value is -0.0400. The summed E-state index contributed by atoms with van der Waals surface area (Å²) in [5.41, 5.74) is 0.602. The van der Waals surface area contributed by atoms with Crippen LogP contribution < -0.4 is 0 Å². The molecule has 9 aliphatic rings. The molecule has 42 heavy (non-hydrogen) atoms. The van der Waals surface area contributed by atoms with Gasteiger partial charge in [0.2, 0.25) is 0 Å². The van der Waals surface area contributed by atoms with E-state index in [1.807, 2.05) is 0 Å². The smallest absolute Gasteiger partial charge is 0.0139 e. The number of hydrogen-bond donors (Lipinski definition) is 0. The molecule has 12 unspecified atom stereocenters. The summed E-state index contributed by atoms with van der Waals surface area (Å²) in [5, 5.41) is 0. The van der Waals surface area contributed by atoms with Gasteiger partial charge in [-0.1, -0.05) is 104 Å². The lowest BCUT2D eigenvalue weighted by Gasteiger charge is -2.66. The molecule has 0 radical (unpaired) electrons. The minimum atomic E-state index is 0.602. The van der Waals surface area contributed by atoms with Gasteiger partial charge in [0.25, 0.3) is 0 Å². The van der Waals surface area contributed by atoms with Crippen LogP contribution in [0.25, 0.3) is 0 Å². The Morgan fingerprint density at radius 1 is 0.381 bits per heavy atom. The highest BCUT2D eigenvalue weighted by molar-refractivity contribution is 5.18. The maximum absolute atomic E-state index is 3.52. The molecule has 1 aliphatic heterocycles. The van der Waals surface area contributed by atoms with E-state index < -0.39 is 0 Å². The molecular formula is C41H67N. The van der Waals surface area contributed by atoms with E-state index in [2.05, 4.69) is 18.7 Å². The average molecular weight is 574 g/mol. The Bertz CT molecular complexity index is 962. The quantitative estimate of drug-likeness (QED) is 0.317. The van der Waals surface area contributed by atoms with Gasteiger partial charge in [0.15, 0.2) is 0 Å². The third-order valence-electron chi connectivity index (χ3n) is 17.6. The molecule has 14 atom stereocenters. The second kappa shape index (κ2) is 11.0. The first-order valence-corrected chi connectivity index (χ1v) is 20.4. The molecule has 1 nitrogen and oxygen atoms in total. The Morgan fingerprint density at radius 3 is 1.83 bits per heavy atom. The molecule has 236 valence electrons. The van der Waals surface area contributed by atoms with E-state index >= 15 is 0 Å². The predicted molar refractivity (Wildman–Crippen MR) is 175 cm³/mol. The molecule has 8 aliphatic carbocycles. The summed E-state index contributed by atoms with van der Waals surface area (Å²) in [5.74, 6) is 12.9. The van der Waals surface area contributed by atoms with Crippen molar-refractivity contribution < 1.29 is 0 Å². The molecule has 1 heteroatoms. The molecule has 0 aromatic carbocycles. The summed E-state index contributed by atoms with van der Waals surface area (Å²) in [7, 11) is 0. The fraction of sp³-hybridized carbons (Fsp3) is 1.00. The molecule has 1 saturated heterocycles. The van der Waals surface area contributed by atoms with E-state index in [0.29, 0.717) is 5.41 Å². The second-order valence-corrected chi connectivity index (χ2v) is 19.0. The highest BCUT2D eigenvalue weighted by Crippen LogP contribution is 2.71. The van der Waals surface area contributed by atoms with Gasteiger partial charge in [0.05, 0.1) is 0 Å². The zero-order chi connectivity index (χ0) is 28.0. The standard InChI is InChI=1S/C41H67N/c1-41(2)32-20-10-8-19-31(32)39-37-28(16-12-21-33(37)41)25-36-40(39)38-30-18-7-6-15-27(30)23-24-35(38)42(36)34-22-11-9-17-29(34)26-13-4-3-5-14-26/h26-40H,3-25H2,1-2H3/t27?,28?,29?,30?,31?,32?,33-,34?,35?,36?,37?,38+,39?,40?/m0/s1. The Balaban J connectivity index is 1.15. The van der Waals surface area contributed by atoms with Crippen LogP contribution in [0, 0.1) is 76.4 Å². The number of hydrogen-bond acceptors (Lipinski definition) is 1. The van der Waals surface area contributed by atoms with Crippen molar-refractivity contribution in [2.24, 2.45) is 76.4 Å². The monoisotopic (exact) mass is 574 g/mol. The SMILES string of the molecule is CC1(C)C2CCCCC2C2C3C(CC4CCC[C@H]1C42)N(C1CCCCC1C1CCCCC1)C1CCC2CCCCC2[C@@H]31. The molecule has 0 aromatic heterocycles. The van der Waals surface area contributed by atoms with Crippen molar-refractivity contribution in [1.29, 1.82) is 0 Å². The third kappa shape index (κ3) is 4.21. The molecule has 0 spiro atoms. The van der Waals surface area contributed by atoms with Gasteiger partial charge < -0.3 is 0 Å². The van der Waals surface area contributed by atoms with Crippen LogP contribution >= 0.6 is 0 Å². The van der Waals surface area contributed by atoms with Crippen LogP contribution in [0.4, 0.5) is 0 Å². The fourth-order valence-corrected chi connectivity index (χ4v) is 16.5. The minimum absolute atomic E-state index is 0.602. The topological polar surface area (TPSA) is 3.24 Å². The first kappa shape index (κ1) is 28.2. The zero-order valence-corrected chi connectivity index (χ0v) is 27.9. The molecule has 9 fully saturated rings. The maximum Gasteiger partial charge on any atom is 0.0139 e. The van der Waals surface area contributed by atoms with Gasteiger partial charge in [0, 0.05) is 18.1 Å². The molecule has 0 bridgehead atoms. The first-order chi connectivity index (χ1) is 20.6. The molecule has 1 heterocycles. The van der Waals surface area contributed by atoms with E-state index in [1.54, 1.807) is 141 Å². The summed E-state index contributed by atoms with van der Waals surface area (Å²) in [6, 6.07) is 2.91. The van der Waals surface area contributed by atoms with Gasteiger partial charge in [-0.15, -0.1) is 0 Å². The van der Waals surface area contributed by atoms with E-state index in [9.17, 15) is 0 Å². The van der Waals surface area contributed by atoms with Crippen molar-refractivity contribution in [3.05, 3.63) is 0 Å². The lowest BCUT2D eigenvalue weighted by Crippen LogP contribution is -2.62. The summed E-state index contributed by atoms with van der Waals surface area (Å²) >= 11 is 0. The number of likely N-dealkylation sites (tertiary alicyclic amines) is 1. The molecule has 8 saturated carbocycles. The van der Waals surface area contributed by atoms with Crippen LogP contribution in [0.5, 0.6) is 0 Å². The Kier molecular flexibility index (Phi) is 7.42. The van der Waals surface area contributed by atoms with Crippen molar-refractivity contribution in [2.45, 2.75) is 180 Å². The molecule has 0 amide bonds. The Morgan fingerprint density at radius 2 is 1.00 bits per heavy atom. The largest absolute Gasteiger partial charge is 0.294 e. The third-order valence-corrected chi connectivity index (χ3v) is 17.6. The van der Waals surface area contributed by atoms with Crippen LogP contribution in [-0.4, -0.2) is 23.0 Å². The summed E-state index contributed by atoms with van der Waals surface area (Å²) < 4.78 is 0. The van der Waals surface area contributed by atoms with Crippen molar-refractivity contribution >= 4 is 0 Å². The highest BCUT2D eigenvalue weighted by Gasteiger charge is 2.68. The zero-order valence-electron chi connectivity index (χ0n) is 27.9. The molecule has 9 rings (SSSR count). The van der Waals surface area contributed by atoms with Gasteiger partial charge in [0.1, 0.15) is 0 Å². The van der Waals surface area contributed by atoms with Gasteiger partial charge in [-0.25, -0.2) is 0 Å². The van der Waals surface area contributed by atoms with Crippen LogP contribution in [0.2, 0.25) is 0 Å². The lowest BCUT2D eigenvalue weighted by molar-refractivity contribution is -0.178. The van der Waals surface area contributed by atoms with Crippen molar-refractivity contribution in [3.8, 4) is 0 Å². The summed E-state index contributed by atoms with van der Waals surface area (Å²) in [6.45, 7) is 5.59. The van der Waals surface area contributed by atoms with Gasteiger partial charge in [-0.3, -0.25) is 4.90 Å². The van der Waals surface area contributed by atoms with Gasteiger partial charge >= 0.3 is 0 Å². The second-order valence-electron chi connectivity index (χ2n) is 19.0. The van der Waals surface area contributed by atoms with Crippen molar-refractivity contribution in [2.75, 3.05) is 0 Å². The van der Waals surface area contributed by atoms with Crippen LogP contribution in [0.3, 0.4) is 0 Å². The number of fused-ring (bicyclic) bond motifs is 8. The highest BCUT2D eigenvalue weighted by atomic mass is 15.3. The normalized spacial score (nSPS) is 54.1. The van der Waals surface area contributed by atoms with Crippen LogP contribution in [-0.2, 0) is 0 Å². The van der Waals surface area contributed by atoms with E-state index in [-0.39, 0.29) is 0 Å². The van der Waals surface area contributed by atoms with E-state index in [4.69, 9.17) is 0 Å². The van der Waals surface area contributed by atoms with Gasteiger partial charge in [-0.2, -0.15) is 0 Å². The van der Waals surface area contributed by atoms with Crippen LogP contribution in [0.1, 0.15) is 162 Å². The lowest BCUT2D eigenvalue weighted by atomic mass is 9.39. The van der Waals surface area contributed by atoms with E-state index in [0.717, 1.165) is 89.1 Å². The maximum atomic E-state index is 3.52. The predicted octanol–water partition coefficient (Wildman–Crippen LogP) is 10.9. The molecule has 0 aromatic rings. The molecule has 0 N–H and O–H groups in total. The summed E-state index contributed by atoms with van der Waals surface area (Å²) in [6.07, 6.45) is 36.2. The Labute approximate surface area is 260 Å².